The lowest BCUT2D eigenvalue weighted by Gasteiger charge is -2.21. The Morgan fingerprint density at radius 3 is 2.71 bits per heavy atom. The molecule has 0 aromatic carbocycles. The van der Waals surface area contributed by atoms with E-state index in [4.69, 9.17) is 9.72 Å². The summed E-state index contributed by atoms with van der Waals surface area (Å²) in [5, 5.41) is 13.8. The first kappa shape index (κ1) is 23.8. The lowest BCUT2D eigenvalue weighted by atomic mass is 9.91. The molecule has 3 aromatic rings. The summed E-state index contributed by atoms with van der Waals surface area (Å²) in [5.74, 6) is 7.30. The number of ether oxygens (including phenoxy) is 1. The molecule has 3 aromatic heterocycles. The molecule has 4 rings (SSSR count). The molecule has 0 aliphatic carbocycles. The molecule has 0 unspecified atom stereocenters. The van der Waals surface area contributed by atoms with Gasteiger partial charge >= 0.3 is 0 Å². The minimum Gasteiger partial charge on any atom is -0.381 e. The number of aryl methyl sites for hydroxylation is 2. The van der Waals surface area contributed by atoms with Gasteiger partial charge in [-0.2, -0.15) is 5.26 Å². The monoisotopic (exact) mass is 455 g/mol. The van der Waals surface area contributed by atoms with Gasteiger partial charge in [-0.05, 0) is 82.6 Å². The van der Waals surface area contributed by atoms with Gasteiger partial charge in [-0.3, -0.25) is 9.97 Å². The summed E-state index contributed by atoms with van der Waals surface area (Å²) in [7, 11) is 0. The topological polar surface area (TPSA) is 75.8 Å². The van der Waals surface area contributed by atoms with E-state index in [0.29, 0.717) is 6.54 Å². The summed E-state index contributed by atoms with van der Waals surface area (Å²) in [5.41, 5.74) is 4.36. The van der Waals surface area contributed by atoms with Crippen molar-refractivity contribution in [3.05, 3.63) is 53.7 Å². The van der Waals surface area contributed by atoms with Crippen molar-refractivity contribution in [2.45, 2.75) is 58.4 Å². The van der Waals surface area contributed by atoms with Gasteiger partial charge in [0.1, 0.15) is 0 Å². The van der Waals surface area contributed by atoms with Crippen molar-refractivity contribution in [3.8, 4) is 17.9 Å². The van der Waals surface area contributed by atoms with Crippen molar-refractivity contribution in [2.75, 3.05) is 25.1 Å². The molecule has 4 heterocycles. The fourth-order valence-electron chi connectivity index (χ4n) is 4.38. The Balaban J connectivity index is 1.40. The Hall–Kier alpha value is -3.35. The molecule has 1 fully saturated rings. The third-order valence-corrected chi connectivity index (χ3v) is 6.59. The van der Waals surface area contributed by atoms with E-state index in [9.17, 15) is 5.26 Å². The van der Waals surface area contributed by atoms with Crippen LogP contribution >= 0.6 is 0 Å². The van der Waals surface area contributed by atoms with Crippen molar-refractivity contribution in [1.82, 2.24) is 14.5 Å². The van der Waals surface area contributed by atoms with E-state index in [2.05, 4.69) is 51.8 Å². The molecule has 1 N–H and O–H groups in total. The third kappa shape index (κ3) is 5.58. The van der Waals surface area contributed by atoms with Crippen molar-refractivity contribution < 1.29 is 4.74 Å². The number of nitriles is 1. The second-order valence-corrected chi connectivity index (χ2v) is 9.43. The molecule has 1 aliphatic heterocycles. The van der Waals surface area contributed by atoms with Gasteiger partial charge in [-0.25, -0.2) is 0 Å². The SMILES string of the molecule is CCn1c(C#CCNc2ccc(C(C)(C)C#N)nc2)cc2cc(CCC3CCOCC3)ncc21. The minimum atomic E-state index is -0.592. The van der Waals surface area contributed by atoms with Crippen LogP contribution in [0, 0.1) is 29.1 Å². The van der Waals surface area contributed by atoms with E-state index >= 15 is 0 Å². The molecule has 0 saturated carbocycles. The molecule has 1 saturated heterocycles. The van der Waals surface area contributed by atoms with Gasteiger partial charge in [0.05, 0.1) is 53.0 Å². The molecular formula is C28H33N5O. The summed E-state index contributed by atoms with van der Waals surface area (Å²) in [6.07, 6.45) is 8.28. The molecule has 0 radical (unpaired) electrons. The molecule has 0 spiro atoms. The van der Waals surface area contributed by atoms with Gasteiger partial charge in [0, 0.05) is 30.8 Å². The number of rotatable bonds is 7. The van der Waals surface area contributed by atoms with Gasteiger partial charge in [0.25, 0.3) is 0 Å². The average molecular weight is 456 g/mol. The number of anilines is 1. The number of hydrogen-bond donors (Lipinski definition) is 1. The largest absolute Gasteiger partial charge is 0.381 e. The van der Waals surface area contributed by atoms with Crippen LogP contribution < -0.4 is 5.32 Å². The van der Waals surface area contributed by atoms with Gasteiger partial charge < -0.3 is 14.6 Å². The van der Waals surface area contributed by atoms with E-state index in [1.165, 1.54) is 24.6 Å². The first-order valence-electron chi connectivity index (χ1n) is 12.2. The van der Waals surface area contributed by atoms with Crippen LogP contribution in [0.15, 0.2) is 36.7 Å². The average Bonchev–Trinajstić information content (AvgIpc) is 3.22. The molecule has 0 amide bonds. The smallest absolute Gasteiger partial charge is 0.0937 e. The van der Waals surface area contributed by atoms with Crippen molar-refractivity contribution in [1.29, 1.82) is 5.26 Å². The number of pyridine rings is 2. The Bertz CT molecular complexity index is 1220. The number of aromatic nitrogens is 3. The number of nitrogens with one attached hydrogen (secondary N) is 1. The Labute approximate surface area is 202 Å². The maximum Gasteiger partial charge on any atom is 0.0937 e. The van der Waals surface area contributed by atoms with E-state index < -0.39 is 5.41 Å². The van der Waals surface area contributed by atoms with Crippen LogP contribution in [0.1, 0.15) is 57.1 Å². The fraction of sp³-hybridized carbons (Fsp3) is 0.464. The highest BCUT2D eigenvalue weighted by Gasteiger charge is 2.21. The van der Waals surface area contributed by atoms with E-state index in [1.807, 2.05) is 32.2 Å². The minimum absolute atomic E-state index is 0.516. The predicted molar refractivity (Wildman–Crippen MR) is 136 cm³/mol. The maximum absolute atomic E-state index is 9.26. The molecule has 176 valence electrons. The lowest BCUT2D eigenvalue weighted by molar-refractivity contribution is 0.0639. The van der Waals surface area contributed by atoms with Gasteiger partial charge in [-0.1, -0.05) is 5.92 Å². The maximum atomic E-state index is 9.26. The number of hydrogen-bond acceptors (Lipinski definition) is 5. The Kier molecular flexibility index (Phi) is 7.50. The van der Waals surface area contributed by atoms with E-state index in [-0.39, 0.29) is 0 Å². The Morgan fingerprint density at radius 2 is 2.00 bits per heavy atom. The van der Waals surface area contributed by atoms with E-state index in [1.54, 1.807) is 6.20 Å². The van der Waals surface area contributed by atoms with Crippen LogP contribution in [0.4, 0.5) is 5.69 Å². The predicted octanol–water partition coefficient (Wildman–Crippen LogP) is 5.08. The number of fused-ring (bicyclic) bond motifs is 1. The van der Waals surface area contributed by atoms with Gasteiger partial charge in [-0.15, -0.1) is 0 Å². The highest BCUT2D eigenvalue weighted by atomic mass is 16.5. The second-order valence-electron chi connectivity index (χ2n) is 9.43. The summed E-state index contributed by atoms with van der Waals surface area (Å²) in [4.78, 5) is 9.16. The van der Waals surface area contributed by atoms with Crippen molar-refractivity contribution in [2.24, 2.45) is 5.92 Å². The molecular weight excluding hydrogens is 422 g/mol. The zero-order valence-electron chi connectivity index (χ0n) is 20.4. The van der Waals surface area contributed by atoms with Gasteiger partial charge in [0.2, 0.25) is 0 Å². The molecule has 1 aliphatic rings. The zero-order chi connectivity index (χ0) is 24.0. The third-order valence-electron chi connectivity index (χ3n) is 6.59. The second kappa shape index (κ2) is 10.7. The van der Waals surface area contributed by atoms with Crippen LogP contribution in [-0.2, 0) is 23.1 Å². The van der Waals surface area contributed by atoms with Crippen molar-refractivity contribution in [3.63, 3.8) is 0 Å². The van der Waals surface area contributed by atoms with Gasteiger partial charge in [0.15, 0.2) is 0 Å². The van der Waals surface area contributed by atoms with Crippen LogP contribution in [0.5, 0.6) is 0 Å². The van der Waals surface area contributed by atoms with E-state index in [0.717, 1.165) is 60.4 Å². The highest BCUT2D eigenvalue weighted by molar-refractivity contribution is 5.82. The zero-order valence-corrected chi connectivity index (χ0v) is 20.4. The summed E-state index contributed by atoms with van der Waals surface area (Å²) in [6, 6.07) is 10.5. The summed E-state index contributed by atoms with van der Waals surface area (Å²) >= 11 is 0. The molecule has 34 heavy (non-hydrogen) atoms. The standard InChI is InChI=1S/C28H33N5O/c1-4-33-25(6-5-13-30-24-9-10-27(32-18-24)28(2,3)20-29)17-22-16-23(31-19-26(22)33)8-7-21-11-14-34-15-12-21/h9-10,16-19,21,30H,4,7-8,11-15H2,1-3H3. The summed E-state index contributed by atoms with van der Waals surface area (Å²) in [6.45, 7) is 9.03. The highest BCUT2D eigenvalue weighted by Crippen LogP contribution is 2.24. The lowest BCUT2D eigenvalue weighted by Crippen LogP contribution is -2.16. The normalized spacial score (nSPS) is 14.4. The first-order chi connectivity index (χ1) is 16.5. The molecule has 6 nitrogen and oxygen atoms in total. The molecule has 6 heteroatoms. The summed E-state index contributed by atoms with van der Waals surface area (Å²) < 4.78 is 7.69. The van der Waals surface area contributed by atoms with Crippen LogP contribution in [0.3, 0.4) is 0 Å². The van der Waals surface area contributed by atoms with Crippen LogP contribution in [0.2, 0.25) is 0 Å². The van der Waals surface area contributed by atoms with Crippen LogP contribution in [0.25, 0.3) is 10.9 Å². The quantitative estimate of drug-likeness (QED) is 0.503. The Morgan fingerprint density at radius 1 is 1.18 bits per heavy atom. The first-order valence-corrected chi connectivity index (χ1v) is 12.2. The fourth-order valence-corrected chi connectivity index (χ4v) is 4.38. The number of nitrogens with zero attached hydrogens (tertiary/aromatic N) is 4. The molecule has 0 bridgehead atoms. The molecule has 0 atom stereocenters. The van der Waals surface area contributed by atoms with Crippen molar-refractivity contribution >= 4 is 16.6 Å². The van der Waals surface area contributed by atoms with Crippen LogP contribution in [-0.4, -0.2) is 34.3 Å².